The molecule has 0 unspecified atom stereocenters. The lowest BCUT2D eigenvalue weighted by molar-refractivity contribution is -0.138. The highest BCUT2D eigenvalue weighted by Crippen LogP contribution is 2.27. The van der Waals surface area contributed by atoms with Gasteiger partial charge >= 0.3 is 0 Å². The summed E-state index contributed by atoms with van der Waals surface area (Å²) in [6, 6.07) is 7.55. The zero-order chi connectivity index (χ0) is 19.4. The van der Waals surface area contributed by atoms with Crippen LogP contribution in [-0.2, 0) is 16.1 Å². The highest BCUT2D eigenvalue weighted by atomic mass is 32.2. The van der Waals surface area contributed by atoms with Gasteiger partial charge < -0.3 is 15.2 Å². The lowest BCUT2D eigenvalue weighted by Gasteiger charge is -2.33. The van der Waals surface area contributed by atoms with E-state index in [9.17, 15) is 9.59 Å². The Labute approximate surface area is 163 Å². The predicted molar refractivity (Wildman–Crippen MR) is 105 cm³/mol. The second-order valence-electron chi connectivity index (χ2n) is 6.66. The predicted octanol–water partition coefficient (Wildman–Crippen LogP) is 2.23. The zero-order valence-corrected chi connectivity index (χ0v) is 16.5. The SMILES string of the molecule is CCn1c(SCC(=O)N2CCCC[C@H]2C(N)=O)nnc1-c1ccccc1C. The van der Waals surface area contributed by atoms with E-state index in [1.807, 2.05) is 42.7 Å². The van der Waals surface area contributed by atoms with Crippen LogP contribution < -0.4 is 5.73 Å². The van der Waals surface area contributed by atoms with E-state index in [2.05, 4.69) is 10.2 Å². The Morgan fingerprint density at radius 2 is 2.04 bits per heavy atom. The van der Waals surface area contributed by atoms with Crippen molar-refractivity contribution in [3.63, 3.8) is 0 Å². The van der Waals surface area contributed by atoms with Gasteiger partial charge in [-0.3, -0.25) is 9.59 Å². The van der Waals surface area contributed by atoms with Crippen LogP contribution in [0, 0.1) is 6.92 Å². The summed E-state index contributed by atoms with van der Waals surface area (Å²) in [4.78, 5) is 25.9. The van der Waals surface area contributed by atoms with Crippen molar-refractivity contribution >= 4 is 23.6 Å². The van der Waals surface area contributed by atoms with Gasteiger partial charge in [-0.15, -0.1) is 10.2 Å². The lowest BCUT2D eigenvalue weighted by Crippen LogP contribution is -2.51. The quantitative estimate of drug-likeness (QED) is 0.767. The molecule has 0 saturated carbocycles. The molecule has 1 aliphatic rings. The Morgan fingerprint density at radius 3 is 2.74 bits per heavy atom. The van der Waals surface area contributed by atoms with Crippen molar-refractivity contribution in [2.75, 3.05) is 12.3 Å². The number of hydrogen-bond acceptors (Lipinski definition) is 5. The molecule has 0 bridgehead atoms. The highest BCUT2D eigenvalue weighted by molar-refractivity contribution is 7.99. The molecule has 1 saturated heterocycles. The van der Waals surface area contributed by atoms with Crippen LogP contribution in [0.3, 0.4) is 0 Å². The Balaban J connectivity index is 1.74. The highest BCUT2D eigenvalue weighted by Gasteiger charge is 2.30. The number of nitrogens with two attached hydrogens (primary N) is 1. The summed E-state index contributed by atoms with van der Waals surface area (Å²) in [6.45, 7) is 5.37. The van der Waals surface area contributed by atoms with Crippen molar-refractivity contribution in [1.82, 2.24) is 19.7 Å². The summed E-state index contributed by atoms with van der Waals surface area (Å²) >= 11 is 1.35. The molecule has 2 aromatic rings. The summed E-state index contributed by atoms with van der Waals surface area (Å²) in [6.07, 6.45) is 2.48. The van der Waals surface area contributed by atoms with Crippen LogP contribution in [0.4, 0.5) is 0 Å². The molecule has 2 heterocycles. The third-order valence-electron chi connectivity index (χ3n) is 4.90. The number of carbonyl (C=O) groups is 2. The van der Waals surface area contributed by atoms with E-state index >= 15 is 0 Å². The van der Waals surface area contributed by atoms with Crippen molar-refractivity contribution in [2.45, 2.75) is 50.9 Å². The van der Waals surface area contributed by atoms with Crippen LogP contribution in [-0.4, -0.2) is 49.8 Å². The van der Waals surface area contributed by atoms with Crippen LogP contribution in [0.15, 0.2) is 29.4 Å². The molecular weight excluding hydrogens is 362 g/mol. The molecule has 2 amide bonds. The van der Waals surface area contributed by atoms with E-state index in [0.717, 1.165) is 29.8 Å². The number of primary amides is 1. The molecule has 1 aromatic carbocycles. The number of nitrogens with zero attached hydrogens (tertiary/aromatic N) is 4. The van der Waals surface area contributed by atoms with Crippen molar-refractivity contribution in [3.05, 3.63) is 29.8 Å². The third-order valence-corrected chi connectivity index (χ3v) is 5.85. The minimum absolute atomic E-state index is 0.0772. The Kier molecular flexibility index (Phi) is 6.15. The average Bonchev–Trinajstić information content (AvgIpc) is 3.09. The largest absolute Gasteiger partial charge is 0.368 e. The normalized spacial score (nSPS) is 17.1. The molecule has 1 aromatic heterocycles. The van der Waals surface area contributed by atoms with Gasteiger partial charge in [-0.25, -0.2) is 0 Å². The van der Waals surface area contributed by atoms with E-state index in [0.29, 0.717) is 24.7 Å². The first kappa shape index (κ1) is 19.4. The Morgan fingerprint density at radius 1 is 1.26 bits per heavy atom. The van der Waals surface area contributed by atoms with E-state index < -0.39 is 11.9 Å². The molecule has 27 heavy (non-hydrogen) atoms. The maximum Gasteiger partial charge on any atom is 0.240 e. The number of benzene rings is 1. The van der Waals surface area contributed by atoms with Gasteiger partial charge in [-0.1, -0.05) is 36.0 Å². The molecule has 1 atom stereocenters. The monoisotopic (exact) mass is 387 g/mol. The fourth-order valence-corrected chi connectivity index (χ4v) is 4.33. The van der Waals surface area contributed by atoms with Gasteiger partial charge in [0.2, 0.25) is 11.8 Å². The standard InChI is InChI=1S/C19H25N5O2S/c1-3-23-18(14-9-5-4-8-13(14)2)21-22-19(23)27-12-16(25)24-11-7-6-10-15(24)17(20)26/h4-5,8-9,15H,3,6-7,10-12H2,1-2H3,(H2,20,26)/t15-/m0/s1. The lowest BCUT2D eigenvalue weighted by atomic mass is 10.0. The van der Waals surface area contributed by atoms with Gasteiger partial charge in [0.25, 0.3) is 0 Å². The molecule has 0 aliphatic carbocycles. The smallest absolute Gasteiger partial charge is 0.240 e. The number of piperidine rings is 1. The maximum atomic E-state index is 12.7. The van der Waals surface area contributed by atoms with Crippen LogP contribution in [0.5, 0.6) is 0 Å². The van der Waals surface area contributed by atoms with Crippen molar-refractivity contribution in [1.29, 1.82) is 0 Å². The number of amides is 2. The van der Waals surface area contributed by atoms with E-state index in [-0.39, 0.29) is 11.7 Å². The molecule has 1 fully saturated rings. The number of aryl methyl sites for hydroxylation is 1. The van der Waals surface area contributed by atoms with Gasteiger partial charge in [0, 0.05) is 18.7 Å². The summed E-state index contributed by atoms with van der Waals surface area (Å²) in [5, 5.41) is 9.34. The van der Waals surface area contributed by atoms with Gasteiger partial charge in [0.05, 0.1) is 5.75 Å². The fraction of sp³-hybridized carbons (Fsp3) is 0.474. The molecular formula is C19H25N5O2S. The summed E-state index contributed by atoms with van der Waals surface area (Å²) < 4.78 is 2.02. The van der Waals surface area contributed by atoms with Gasteiger partial charge in [0.15, 0.2) is 11.0 Å². The van der Waals surface area contributed by atoms with Gasteiger partial charge in [-0.2, -0.15) is 0 Å². The van der Waals surface area contributed by atoms with Crippen LogP contribution >= 0.6 is 11.8 Å². The van der Waals surface area contributed by atoms with Crippen LogP contribution in [0.25, 0.3) is 11.4 Å². The minimum atomic E-state index is -0.488. The van der Waals surface area contributed by atoms with E-state index in [4.69, 9.17) is 5.73 Å². The molecule has 0 radical (unpaired) electrons. The number of carbonyl (C=O) groups excluding carboxylic acids is 2. The topological polar surface area (TPSA) is 94.1 Å². The number of hydrogen-bond donors (Lipinski definition) is 1. The first-order chi connectivity index (χ1) is 13.0. The van der Waals surface area contributed by atoms with Crippen LogP contribution in [0.1, 0.15) is 31.7 Å². The van der Waals surface area contributed by atoms with Crippen LogP contribution in [0.2, 0.25) is 0 Å². The third kappa shape index (κ3) is 4.16. The molecule has 8 heteroatoms. The van der Waals surface area contributed by atoms with E-state index in [1.54, 1.807) is 4.90 Å². The number of likely N-dealkylation sites (tertiary alicyclic amines) is 1. The maximum absolute atomic E-state index is 12.7. The van der Waals surface area contributed by atoms with E-state index in [1.165, 1.54) is 11.8 Å². The first-order valence-corrected chi connectivity index (χ1v) is 10.2. The zero-order valence-electron chi connectivity index (χ0n) is 15.7. The Bertz CT molecular complexity index is 835. The van der Waals surface area contributed by atoms with Crippen molar-refractivity contribution in [3.8, 4) is 11.4 Å². The molecule has 3 rings (SSSR count). The molecule has 0 spiro atoms. The Hall–Kier alpha value is -2.35. The summed E-state index contributed by atoms with van der Waals surface area (Å²) in [5.74, 6) is 0.520. The second kappa shape index (κ2) is 8.56. The fourth-order valence-electron chi connectivity index (χ4n) is 3.44. The average molecular weight is 388 g/mol. The van der Waals surface area contributed by atoms with Gasteiger partial charge in [-0.05, 0) is 38.7 Å². The summed E-state index contributed by atoms with van der Waals surface area (Å²) in [5.41, 5.74) is 7.63. The molecule has 2 N–H and O–H groups in total. The van der Waals surface area contributed by atoms with Gasteiger partial charge in [0.1, 0.15) is 6.04 Å². The van der Waals surface area contributed by atoms with Crippen molar-refractivity contribution < 1.29 is 9.59 Å². The molecule has 1 aliphatic heterocycles. The number of rotatable bonds is 6. The minimum Gasteiger partial charge on any atom is -0.368 e. The van der Waals surface area contributed by atoms with Crippen molar-refractivity contribution in [2.24, 2.45) is 5.73 Å². The number of thioether (sulfide) groups is 1. The molecule has 7 nitrogen and oxygen atoms in total. The first-order valence-electron chi connectivity index (χ1n) is 9.23. The summed E-state index contributed by atoms with van der Waals surface area (Å²) in [7, 11) is 0. The second-order valence-corrected chi connectivity index (χ2v) is 7.60. The number of aromatic nitrogens is 3. The molecule has 144 valence electrons.